The summed E-state index contributed by atoms with van der Waals surface area (Å²) in [4.78, 5) is 9.47. The van der Waals surface area contributed by atoms with E-state index in [1.807, 2.05) is 0 Å². The van der Waals surface area contributed by atoms with Gasteiger partial charge in [-0.3, -0.25) is 10.1 Å². The van der Waals surface area contributed by atoms with Crippen molar-refractivity contribution in [2.75, 3.05) is 5.75 Å². The molecule has 0 aliphatic rings. The van der Waals surface area contributed by atoms with Crippen molar-refractivity contribution in [1.82, 2.24) is 0 Å². The van der Waals surface area contributed by atoms with Gasteiger partial charge in [0.25, 0.3) is 5.70 Å². The molecule has 0 N–H and O–H groups in total. The Hall–Kier alpha value is -1.14. The third kappa shape index (κ3) is 9.17. The molecule has 0 saturated heterocycles. The van der Waals surface area contributed by atoms with Crippen LogP contribution in [-0.2, 0) is 9.05 Å². The van der Waals surface area contributed by atoms with Crippen molar-refractivity contribution in [3.05, 3.63) is 46.7 Å². The molecule has 0 rings (SSSR count). The van der Waals surface area contributed by atoms with Gasteiger partial charge in [0.2, 0.25) is 9.05 Å². The molecule has 0 aromatic rings. The van der Waals surface area contributed by atoms with E-state index in [1.54, 1.807) is 6.08 Å². The first-order valence-electron chi connectivity index (χ1n) is 3.92. The number of nitrogens with zero attached hydrogens (tertiary/aromatic N) is 1. The molecule has 0 aliphatic carbocycles. The minimum atomic E-state index is -3.47. The summed E-state index contributed by atoms with van der Waals surface area (Å²) in [5, 5.41) is 10.1. The van der Waals surface area contributed by atoms with Gasteiger partial charge in [-0.2, -0.15) is 0 Å². The Balaban J connectivity index is 3.92. The van der Waals surface area contributed by atoms with Crippen molar-refractivity contribution in [3.8, 4) is 0 Å². The van der Waals surface area contributed by atoms with Crippen molar-refractivity contribution >= 4 is 19.7 Å². The van der Waals surface area contributed by atoms with E-state index >= 15 is 0 Å². The molecule has 5 nitrogen and oxygen atoms in total. The number of nitro groups is 1. The molecular weight excluding hydrogens is 242 g/mol. The smallest absolute Gasteiger partial charge is 0.258 e. The SMILES string of the molecule is C=C(/C=C\C=C/CCS(=O)(=O)Cl)[N+](=O)[O-]. The zero-order chi connectivity index (χ0) is 11.9. The summed E-state index contributed by atoms with van der Waals surface area (Å²) in [5.41, 5.74) is -0.232. The summed E-state index contributed by atoms with van der Waals surface area (Å²) in [5.74, 6) is -0.158. The Morgan fingerprint density at radius 2 is 2.07 bits per heavy atom. The maximum atomic E-state index is 10.5. The molecule has 0 unspecified atom stereocenters. The Kier molecular flexibility index (Phi) is 5.88. The van der Waals surface area contributed by atoms with Crippen LogP contribution >= 0.6 is 10.7 Å². The highest BCUT2D eigenvalue weighted by molar-refractivity contribution is 8.13. The van der Waals surface area contributed by atoms with Crippen LogP contribution in [0.4, 0.5) is 0 Å². The Labute approximate surface area is 92.3 Å². The highest BCUT2D eigenvalue weighted by atomic mass is 35.7. The lowest BCUT2D eigenvalue weighted by atomic mass is 10.3. The second kappa shape index (κ2) is 6.36. The van der Waals surface area contributed by atoms with Crippen LogP contribution in [0.5, 0.6) is 0 Å². The van der Waals surface area contributed by atoms with Crippen LogP contribution in [0.2, 0.25) is 0 Å². The van der Waals surface area contributed by atoms with Crippen LogP contribution < -0.4 is 0 Å². The molecule has 84 valence electrons. The molecule has 7 heteroatoms. The van der Waals surface area contributed by atoms with Crippen LogP contribution in [0, 0.1) is 10.1 Å². The van der Waals surface area contributed by atoms with E-state index in [1.165, 1.54) is 18.2 Å². The molecular formula is C8H10ClNO4S. The lowest BCUT2D eigenvalue weighted by molar-refractivity contribution is -0.418. The van der Waals surface area contributed by atoms with Crippen LogP contribution in [-0.4, -0.2) is 19.1 Å². The zero-order valence-electron chi connectivity index (χ0n) is 7.80. The molecule has 15 heavy (non-hydrogen) atoms. The predicted molar refractivity (Wildman–Crippen MR) is 58.7 cm³/mol. The minimum Gasteiger partial charge on any atom is -0.258 e. The summed E-state index contributed by atoms with van der Waals surface area (Å²) >= 11 is 0. The maximum Gasteiger partial charge on any atom is 0.262 e. The van der Waals surface area contributed by atoms with Gasteiger partial charge < -0.3 is 0 Å². The summed E-state index contributed by atoms with van der Waals surface area (Å²) in [6, 6.07) is 0. The molecule has 0 fully saturated rings. The average Bonchev–Trinajstić information content (AvgIpc) is 2.08. The third-order valence-electron chi connectivity index (χ3n) is 1.30. The van der Waals surface area contributed by atoms with E-state index in [2.05, 4.69) is 6.58 Å². The molecule has 0 saturated carbocycles. The van der Waals surface area contributed by atoms with Crippen LogP contribution in [0.3, 0.4) is 0 Å². The minimum absolute atomic E-state index is 0.158. The monoisotopic (exact) mass is 251 g/mol. The van der Waals surface area contributed by atoms with Gasteiger partial charge in [0.1, 0.15) is 0 Å². The van der Waals surface area contributed by atoms with E-state index in [0.717, 1.165) is 0 Å². The first kappa shape index (κ1) is 13.9. The summed E-state index contributed by atoms with van der Waals surface area (Å²) in [6.07, 6.45) is 5.93. The quantitative estimate of drug-likeness (QED) is 0.312. The number of hydrogen-bond donors (Lipinski definition) is 0. The number of allylic oxidation sites excluding steroid dienone is 4. The fourth-order valence-electron chi connectivity index (χ4n) is 0.611. The average molecular weight is 252 g/mol. The molecule has 0 aromatic heterocycles. The van der Waals surface area contributed by atoms with Crippen molar-refractivity contribution in [3.63, 3.8) is 0 Å². The van der Waals surface area contributed by atoms with Gasteiger partial charge in [0, 0.05) is 16.8 Å². The zero-order valence-corrected chi connectivity index (χ0v) is 9.37. The van der Waals surface area contributed by atoms with Crippen LogP contribution in [0.15, 0.2) is 36.6 Å². The Morgan fingerprint density at radius 1 is 1.47 bits per heavy atom. The van der Waals surface area contributed by atoms with E-state index in [9.17, 15) is 18.5 Å². The van der Waals surface area contributed by atoms with Crippen molar-refractivity contribution in [2.24, 2.45) is 0 Å². The Morgan fingerprint density at radius 3 is 2.53 bits per heavy atom. The molecule has 0 aliphatic heterocycles. The van der Waals surface area contributed by atoms with Crippen molar-refractivity contribution < 1.29 is 13.3 Å². The van der Waals surface area contributed by atoms with Gasteiger partial charge in [-0.25, -0.2) is 8.42 Å². The standard InChI is InChI=1S/C8H10ClNO4S/c1-8(10(11)12)6-4-2-3-5-7-15(9,13)14/h2-4,6H,1,5,7H2/b3-2-,6-4-. The fourth-order valence-corrected chi connectivity index (χ4v) is 1.30. The van der Waals surface area contributed by atoms with Crippen LogP contribution in [0.25, 0.3) is 0 Å². The van der Waals surface area contributed by atoms with E-state index in [0.29, 0.717) is 0 Å². The largest absolute Gasteiger partial charge is 0.262 e. The van der Waals surface area contributed by atoms with Gasteiger partial charge in [0.05, 0.1) is 10.7 Å². The third-order valence-corrected chi connectivity index (χ3v) is 2.48. The highest BCUT2D eigenvalue weighted by Gasteiger charge is 2.01. The molecule has 0 heterocycles. The highest BCUT2D eigenvalue weighted by Crippen LogP contribution is 2.00. The lowest BCUT2D eigenvalue weighted by Crippen LogP contribution is -1.94. The molecule has 0 atom stereocenters. The van der Waals surface area contributed by atoms with E-state index in [-0.39, 0.29) is 17.9 Å². The molecule has 0 radical (unpaired) electrons. The molecule has 0 aromatic carbocycles. The number of rotatable bonds is 6. The Bertz CT molecular complexity index is 397. The second-order valence-corrected chi connectivity index (χ2v) is 5.46. The van der Waals surface area contributed by atoms with Gasteiger partial charge >= 0.3 is 0 Å². The summed E-state index contributed by atoms with van der Waals surface area (Å²) in [6.45, 7) is 3.17. The number of halogens is 1. The van der Waals surface area contributed by atoms with Crippen molar-refractivity contribution in [2.45, 2.75) is 6.42 Å². The molecule has 0 amide bonds. The molecule has 0 spiro atoms. The van der Waals surface area contributed by atoms with E-state index in [4.69, 9.17) is 10.7 Å². The summed E-state index contributed by atoms with van der Waals surface area (Å²) < 4.78 is 20.9. The van der Waals surface area contributed by atoms with E-state index < -0.39 is 14.0 Å². The lowest BCUT2D eigenvalue weighted by Gasteiger charge is -1.88. The first-order valence-corrected chi connectivity index (χ1v) is 6.39. The molecule has 0 bridgehead atoms. The number of hydrogen-bond acceptors (Lipinski definition) is 4. The van der Waals surface area contributed by atoms with Gasteiger partial charge in [-0.05, 0) is 13.0 Å². The van der Waals surface area contributed by atoms with Gasteiger partial charge in [-0.1, -0.05) is 18.2 Å². The van der Waals surface area contributed by atoms with Crippen LogP contribution in [0.1, 0.15) is 6.42 Å². The maximum absolute atomic E-state index is 10.5. The van der Waals surface area contributed by atoms with Gasteiger partial charge in [-0.15, -0.1) is 0 Å². The predicted octanol–water partition coefficient (Wildman–Crippen LogP) is 1.85. The van der Waals surface area contributed by atoms with Gasteiger partial charge in [0.15, 0.2) is 0 Å². The summed E-state index contributed by atoms with van der Waals surface area (Å²) in [7, 11) is 1.48. The topological polar surface area (TPSA) is 77.3 Å². The normalized spacial score (nSPS) is 12.3. The first-order chi connectivity index (χ1) is 6.83. The second-order valence-electron chi connectivity index (χ2n) is 2.57. The van der Waals surface area contributed by atoms with Crippen molar-refractivity contribution in [1.29, 1.82) is 0 Å². The fraction of sp³-hybridized carbons (Fsp3) is 0.250.